The number of fused-ring (bicyclic) bond motifs is 1. The first-order valence-electron chi connectivity index (χ1n) is 7.56. The van der Waals surface area contributed by atoms with Crippen molar-refractivity contribution in [1.29, 1.82) is 0 Å². The van der Waals surface area contributed by atoms with E-state index in [1.54, 1.807) is 0 Å². The van der Waals surface area contributed by atoms with Crippen LogP contribution in [0, 0.1) is 13.8 Å². The van der Waals surface area contributed by atoms with Crippen LogP contribution >= 0.6 is 11.3 Å². The maximum atomic E-state index is 13.1. The summed E-state index contributed by atoms with van der Waals surface area (Å²) in [5.41, 5.74) is 1.09. The lowest BCUT2D eigenvalue weighted by Crippen LogP contribution is -2.37. The van der Waals surface area contributed by atoms with Crippen LogP contribution in [0.5, 0.6) is 0 Å². The van der Waals surface area contributed by atoms with Crippen LogP contribution < -0.4 is 5.32 Å². The van der Waals surface area contributed by atoms with Gasteiger partial charge in [0.25, 0.3) is 0 Å². The third-order valence-corrected chi connectivity index (χ3v) is 7.63. The molecule has 1 saturated heterocycles. The lowest BCUT2D eigenvalue weighted by atomic mass is 10.2. The quantitative estimate of drug-likeness (QED) is 0.922. The van der Waals surface area contributed by atoms with Crippen molar-refractivity contribution >= 4 is 37.4 Å². The number of nitrogens with one attached hydrogen (secondary N) is 1. The molecule has 124 valence electrons. The Morgan fingerprint density at radius 2 is 2.09 bits per heavy atom. The number of aryl methyl sites for hydroxylation is 2. The largest absolute Gasteiger partial charge is 0.352 e. The predicted molar refractivity (Wildman–Crippen MR) is 92.3 cm³/mol. The van der Waals surface area contributed by atoms with E-state index >= 15 is 0 Å². The molecule has 1 aromatic carbocycles. The van der Waals surface area contributed by atoms with Crippen molar-refractivity contribution < 1.29 is 13.2 Å². The van der Waals surface area contributed by atoms with Gasteiger partial charge >= 0.3 is 0 Å². The molecule has 3 rings (SSSR count). The summed E-state index contributed by atoms with van der Waals surface area (Å²) in [6, 6.07) is 5.67. The van der Waals surface area contributed by atoms with Gasteiger partial charge in [-0.1, -0.05) is 18.2 Å². The lowest BCUT2D eigenvalue weighted by molar-refractivity contribution is -0.119. The normalized spacial score (nSPS) is 19.3. The Hall–Kier alpha value is -1.44. The fourth-order valence-corrected chi connectivity index (χ4v) is 6.47. The minimum Gasteiger partial charge on any atom is -0.352 e. The van der Waals surface area contributed by atoms with Gasteiger partial charge in [-0.3, -0.25) is 4.79 Å². The van der Waals surface area contributed by atoms with Gasteiger partial charge in [-0.2, -0.15) is 4.31 Å². The first-order valence-corrected chi connectivity index (χ1v) is 9.82. The topological polar surface area (TPSA) is 66.5 Å². The van der Waals surface area contributed by atoms with E-state index < -0.39 is 10.0 Å². The maximum absolute atomic E-state index is 13.1. The van der Waals surface area contributed by atoms with Crippen LogP contribution in [0.2, 0.25) is 0 Å². The molecular weight excluding hydrogens is 332 g/mol. The Bertz CT molecular complexity index is 871. The summed E-state index contributed by atoms with van der Waals surface area (Å²) >= 11 is 1.53. The molecule has 1 aromatic heterocycles. The molecule has 0 radical (unpaired) electrons. The number of sulfonamides is 1. The minimum atomic E-state index is -3.55. The van der Waals surface area contributed by atoms with Gasteiger partial charge in [-0.15, -0.1) is 11.3 Å². The zero-order valence-electron chi connectivity index (χ0n) is 13.4. The summed E-state index contributed by atoms with van der Waals surface area (Å²) in [6.07, 6.45) is 0.652. The molecule has 23 heavy (non-hydrogen) atoms. The summed E-state index contributed by atoms with van der Waals surface area (Å²) in [5.74, 6) is -0.123. The van der Waals surface area contributed by atoms with Gasteiger partial charge < -0.3 is 5.32 Å². The summed E-state index contributed by atoms with van der Waals surface area (Å²) in [7, 11) is -3.55. The Balaban J connectivity index is 2.00. The molecule has 0 spiro atoms. The highest BCUT2D eigenvalue weighted by Crippen LogP contribution is 2.38. The van der Waals surface area contributed by atoms with Crippen LogP contribution in [0.25, 0.3) is 10.1 Å². The molecule has 1 unspecified atom stereocenters. The average Bonchev–Trinajstić information content (AvgIpc) is 3.03. The van der Waals surface area contributed by atoms with Crippen molar-refractivity contribution in [1.82, 2.24) is 9.62 Å². The fraction of sp³-hybridized carbons (Fsp3) is 0.438. The van der Waals surface area contributed by atoms with Crippen molar-refractivity contribution in [3.8, 4) is 0 Å². The van der Waals surface area contributed by atoms with E-state index in [0.29, 0.717) is 24.4 Å². The number of carbonyl (C=O) groups is 1. The van der Waals surface area contributed by atoms with Crippen LogP contribution in [0.15, 0.2) is 23.1 Å². The van der Waals surface area contributed by atoms with Gasteiger partial charge in [0, 0.05) is 41.0 Å². The van der Waals surface area contributed by atoms with Gasteiger partial charge in [0.05, 0.1) is 0 Å². The molecule has 5 nitrogen and oxygen atoms in total. The van der Waals surface area contributed by atoms with Crippen LogP contribution in [0.3, 0.4) is 0 Å². The van der Waals surface area contributed by atoms with Crippen molar-refractivity contribution in [3.05, 3.63) is 28.6 Å². The number of nitrogens with zero attached hydrogens (tertiary/aromatic N) is 1. The molecule has 1 aliphatic rings. The highest BCUT2D eigenvalue weighted by atomic mass is 32.2. The smallest absolute Gasteiger partial charge is 0.244 e. The lowest BCUT2D eigenvalue weighted by Gasteiger charge is -2.17. The van der Waals surface area contributed by atoms with Gasteiger partial charge in [-0.05, 0) is 25.8 Å². The molecule has 2 heterocycles. The standard InChI is InChI=1S/C16H20N2O3S2/c1-10-5-4-6-14-15(10)22-11(2)16(14)23(20,21)18-8-7-13(9-18)17-12(3)19/h4-6,13H,7-9H2,1-3H3,(H,17,19). The molecule has 7 heteroatoms. The number of benzene rings is 1. The highest BCUT2D eigenvalue weighted by molar-refractivity contribution is 7.89. The van der Waals surface area contributed by atoms with Crippen LogP contribution in [0.1, 0.15) is 23.8 Å². The number of rotatable bonds is 3. The second kappa shape index (κ2) is 5.89. The van der Waals surface area contributed by atoms with Gasteiger partial charge in [0.15, 0.2) is 0 Å². The Morgan fingerprint density at radius 3 is 2.78 bits per heavy atom. The van der Waals surface area contributed by atoms with E-state index in [1.807, 2.05) is 32.0 Å². The first kappa shape index (κ1) is 16.4. The molecule has 0 bridgehead atoms. The molecule has 0 aliphatic carbocycles. The van der Waals surface area contributed by atoms with E-state index in [2.05, 4.69) is 5.32 Å². The van der Waals surface area contributed by atoms with Crippen molar-refractivity contribution in [2.45, 2.75) is 38.1 Å². The molecule has 1 fully saturated rings. The molecule has 2 aromatic rings. The summed E-state index contributed by atoms with van der Waals surface area (Å²) in [4.78, 5) is 12.4. The SMILES string of the molecule is CC(=O)NC1CCN(S(=O)(=O)c2c(C)sc3c(C)cccc23)C1. The molecule has 0 saturated carbocycles. The molecule has 1 atom stereocenters. The van der Waals surface area contributed by atoms with Gasteiger partial charge in [0.1, 0.15) is 4.90 Å². The molecule has 1 amide bonds. The number of amides is 1. The van der Waals surface area contributed by atoms with Crippen molar-refractivity contribution in [2.24, 2.45) is 0 Å². The number of thiophene rings is 1. The van der Waals surface area contributed by atoms with E-state index in [-0.39, 0.29) is 11.9 Å². The van der Waals surface area contributed by atoms with Gasteiger partial charge in [0.2, 0.25) is 15.9 Å². The van der Waals surface area contributed by atoms with Gasteiger partial charge in [-0.25, -0.2) is 8.42 Å². The number of carbonyl (C=O) groups excluding carboxylic acids is 1. The Kier molecular flexibility index (Phi) is 4.20. The van der Waals surface area contributed by atoms with Crippen LogP contribution in [-0.4, -0.2) is 37.8 Å². The Morgan fingerprint density at radius 1 is 1.35 bits per heavy atom. The van der Waals surface area contributed by atoms with E-state index in [1.165, 1.54) is 22.6 Å². The summed E-state index contributed by atoms with van der Waals surface area (Å²) in [6.45, 7) is 6.09. The fourth-order valence-electron chi connectivity index (χ4n) is 3.16. The second-order valence-electron chi connectivity index (χ2n) is 5.99. The van der Waals surface area contributed by atoms with Crippen molar-refractivity contribution in [3.63, 3.8) is 0 Å². The minimum absolute atomic E-state index is 0.103. The number of hydrogen-bond donors (Lipinski definition) is 1. The molecule has 1 N–H and O–H groups in total. The second-order valence-corrected chi connectivity index (χ2v) is 9.09. The van der Waals surface area contributed by atoms with Crippen LogP contribution in [0.4, 0.5) is 0 Å². The highest BCUT2D eigenvalue weighted by Gasteiger charge is 2.35. The monoisotopic (exact) mass is 352 g/mol. The average molecular weight is 352 g/mol. The number of hydrogen-bond acceptors (Lipinski definition) is 4. The molecular formula is C16H20N2O3S2. The predicted octanol–water partition coefficient (Wildman–Crippen LogP) is 2.42. The van der Waals surface area contributed by atoms with Crippen LogP contribution in [-0.2, 0) is 14.8 Å². The third kappa shape index (κ3) is 2.88. The summed E-state index contributed by atoms with van der Waals surface area (Å²) in [5, 5.41) is 3.61. The Labute approximate surface area is 140 Å². The maximum Gasteiger partial charge on any atom is 0.244 e. The zero-order chi connectivity index (χ0) is 16.8. The first-order chi connectivity index (χ1) is 10.8. The molecule has 1 aliphatic heterocycles. The van der Waals surface area contributed by atoms with E-state index in [0.717, 1.165) is 20.5 Å². The summed E-state index contributed by atoms with van der Waals surface area (Å²) < 4.78 is 28.7. The third-order valence-electron chi connectivity index (χ3n) is 4.19. The van der Waals surface area contributed by atoms with Crippen molar-refractivity contribution in [2.75, 3.05) is 13.1 Å². The van der Waals surface area contributed by atoms with E-state index in [9.17, 15) is 13.2 Å². The zero-order valence-corrected chi connectivity index (χ0v) is 15.1. The van der Waals surface area contributed by atoms with E-state index in [4.69, 9.17) is 0 Å².